The number of nitrogens with zero attached hydrogens (tertiary/aromatic N) is 3. The molecular formula is C8H13N3O. The lowest BCUT2D eigenvalue weighted by atomic mass is 10.0. The summed E-state index contributed by atoms with van der Waals surface area (Å²) in [5, 5.41) is 15.9. The molecule has 0 amide bonds. The van der Waals surface area contributed by atoms with Crippen molar-refractivity contribution < 1.29 is 5.21 Å². The second kappa shape index (κ2) is 2.97. The summed E-state index contributed by atoms with van der Waals surface area (Å²) in [6, 6.07) is 1.84. The standard InChI is InChI=1S/C8H13N3O/c1-7(10-12)8(2,3)11-6-4-5-9-11/h4-6,12H,1-3H3. The molecule has 4 heteroatoms. The highest BCUT2D eigenvalue weighted by Crippen LogP contribution is 2.15. The van der Waals surface area contributed by atoms with Gasteiger partial charge in [0.2, 0.25) is 0 Å². The number of hydrogen-bond acceptors (Lipinski definition) is 3. The molecule has 1 N–H and O–H groups in total. The van der Waals surface area contributed by atoms with Crippen LogP contribution in [0, 0.1) is 0 Å². The first-order valence-corrected chi connectivity index (χ1v) is 3.78. The Morgan fingerprint density at radius 1 is 1.58 bits per heavy atom. The van der Waals surface area contributed by atoms with Gasteiger partial charge in [-0.2, -0.15) is 5.10 Å². The molecule has 12 heavy (non-hydrogen) atoms. The average molecular weight is 167 g/mol. The van der Waals surface area contributed by atoms with Crippen molar-refractivity contribution in [2.45, 2.75) is 26.3 Å². The topological polar surface area (TPSA) is 50.4 Å². The van der Waals surface area contributed by atoms with Gasteiger partial charge in [-0.25, -0.2) is 0 Å². The molecule has 0 radical (unpaired) electrons. The van der Waals surface area contributed by atoms with Crippen LogP contribution in [0.2, 0.25) is 0 Å². The third-order valence-electron chi connectivity index (χ3n) is 2.11. The van der Waals surface area contributed by atoms with Crippen molar-refractivity contribution in [2.75, 3.05) is 0 Å². The SMILES string of the molecule is CC(=NO)C(C)(C)n1cccn1. The predicted octanol–water partition coefficient (Wildman–Crippen LogP) is 1.47. The minimum absolute atomic E-state index is 0.363. The summed E-state index contributed by atoms with van der Waals surface area (Å²) in [4.78, 5) is 0. The summed E-state index contributed by atoms with van der Waals surface area (Å²) in [6.07, 6.45) is 3.54. The fraction of sp³-hybridized carbons (Fsp3) is 0.500. The Labute approximate surface area is 71.5 Å². The van der Waals surface area contributed by atoms with E-state index in [2.05, 4.69) is 10.3 Å². The normalized spacial score (nSPS) is 13.4. The Balaban J connectivity index is 3.02. The van der Waals surface area contributed by atoms with Gasteiger partial charge in [0.05, 0.1) is 11.3 Å². The maximum Gasteiger partial charge on any atom is 0.0980 e. The fourth-order valence-electron chi connectivity index (χ4n) is 0.888. The van der Waals surface area contributed by atoms with Crippen LogP contribution in [0.3, 0.4) is 0 Å². The summed E-state index contributed by atoms with van der Waals surface area (Å²) in [6.45, 7) is 5.64. The number of rotatable bonds is 2. The van der Waals surface area contributed by atoms with E-state index < -0.39 is 0 Å². The van der Waals surface area contributed by atoms with Gasteiger partial charge in [-0.3, -0.25) is 4.68 Å². The molecule has 0 fully saturated rings. The molecule has 0 spiro atoms. The lowest BCUT2D eigenvalue weighted by molar-refractivity contribution is 0.305. The highest BCUT2D eigenvalue weighted by atomic mass is 16.4. The molecule has 0 aromatic carbocycles. The van der Waals surface area contributed by atoms with E-state index in [1.54, 1.807) is 17.8 Å². The van der Waals surface area contributed by atoms with Gasteiger partial charge in [-0.15, -0.1) is 0 Å². The molecule has 0 bridgehead atoms. The van der Waals surface area contributed by atoms with E-state index in [4.69, 9.17) is 5.21 Å². The molecule has 1 rings (SSSR count). The molecule has 0 aliphatic rings. The lowest BCUT2D eigenvalue weighted by Crippen LogP contribution is -2.34. The maximum absolute atomic E-state index is 8.62. The van der Waals surface area contributed by atoms with Crippen LogP contribution in [0.5, 0.6) is 0 Å². The van der Waals surface area contributed by atoms with Gasteiger partial charge in [0.1, 0.15) is 0 Å². The van der Waals surface area contributed by atoms with E-state index in [9.17, 15) is 0 Å². The van der Waals surface area contributed by atoms with Gasteiger partial charge in [-0.1, -0.05) is 5.16 Å². The monoisotopic (exact) mass is 167 g/mol. The summed E-state index contributed by atoms with van der Waals surface area (Å²) in [7, 11) is 0. The highest BCUT2D eigenvalue weighted by Gasteiger charge is 2.24. The number of aromatic nitrogens is 2. The summed E-state index contributed by atoms with van der Waals surface area (Å²) < 4.78 is 1.75. The van der Waals surface area contributed by atoms with Crippen molar-refractivity contribution in [3.8, 4) is 0 Å². The van der Waals surface area contributed by atoms with Gasteiger partial charge in [-0.05, 0) is 26.8 Å². The molecule has 0 atom stereocenters. The largest absolute Gasteiger partial charge is 0.411 e. The number of hydrogen-bond donors (Lipinski definition) is 1. The van der Waals surface area contributed by atoms with E-state index in [0.29, 0.717) is 5.71 Å². The van der Waals surface area contributed by atoms with Crippen LogP contribution in [-0.2, 0) is 5.54 Å². The van der Waals surface area contributed by atoms with Crippen molar-refractivity contribution in [3.05, 3.63) is 18.5 Å². The Morgan fingerprint density at radius 2 is 2.25 bits per heavy atom. The summed E-state index contributed by atoms with van der Waals surface area (Å²) >= 11 is 0. The fourth-order valence-corrected chi connectivity index (χ4v) is 0.888. The van der Waals surface area contributed by atoms with Crippen molar-refractivity contribution in [3.63, 3.8) is 0 Å². The van der Waals surface area contributed by atoms with E-state index in [1.807, 2.05) is 26.1 Å². The summed E-state index contributed by atoms with van der Waals surface area (Å²) in [5.74, 6) is 0. The van der Waals surface area contributed by atoms with Gasteiger partial charge in [0, 0.05) is 12.4 Å². The molecule has 0 aliphatic heterocycles. The molecule has 0 aliphatic carbocycles. The Kier molecular flexibility index (Phi) is 2.17. The van der Waals surface area contributed by atoms with E-state index in [0.717, 1.165) is 0 Å². The molecule has 1 aromatic heterocycles. The van der Waals surface area contributed by atoms with Gasteiger partial charge >= 0.3 is 0 Å². The Bertz CT molecular complexity index is 275. The van der Waals surface area contributed by atoms with Gasteiger partial charge in [0.15, 0.2) is 0 Å². The summed E-state index contributed by atoms with van der Waals surface area (Å²) in [5.41, 5.74) is 0.268. The molecule has 0 unspecified atom stereocenters. The van der Waals surface area contributed by atoms with Crippen LogP contribution >= 0.6 is 0 Å². The van der Waals surface area contributed by atoms with E-state index >= 15 is 0 Å². The quantitative estimate of drug-likeness (QED) is 0.412. The maximum atomic E-state index is 8.62. The first-order valence-electron chi connectivity index (χ1n) is 3.78. The van der Waals surface area contributed by atoms with Crippen molar-refractivity contribution in [1.82, 2.24) is 9.78 Å². The van der Waals surface area contributed by atoms with E-state index in [-0.39, 0.29) is 5.54 Å². The molecular weight excluding hydrogens is 154 g/mol. The first-order chi connectivity index (χ1) is 5.59. The van der Waals surface area contributed by atoms with Crippen LogP contribution in [0.25, 0.3) is 0 Å². The molecule has 0 saturated carbocycles. The first kappa shape index (κ1) is 8.77. The third kappa shape index (κ3) is 1.32. The van der Waals surface area contributed by atoms with Crippen LogP contribution in [0.4, 0.5) is 0 Å². The third-order valence-corrected chi connectivity index (χ3v) is 2.11. The van der Waals surface area contributed by atoms with Crippen LogP contribution < -0.4 is 0 Å². The predicted molar refractivity (Wildman–Crippen MR) is 46.4 cm³/mol. The molecule has 66 valence electrons. The van der Waals surface area contributed by atoms with Crippen molar-refractivity contribution in [1.29, 1.82) is 0 Å². The van der Waals surface area contributed by atoms with Crippen molar-refractivity contribution >= 4 is 5.71 Å². The molecule has 1 aromatic rings. The van der Waals surface area contributed by atoms with Crippen LogP contribution in [-0.4, -0.2) is 20.7 Å². The lowest BCUT2D eigenvalue weighted by Gasteiger charge is -2.23. The smallest absolute Gasteiger partial charge is 0.0980 e. The van der Waals surface area contributed by atoms with Crippen LogP contribution in [0.15, 0.2) is 23.6 Å². The minimum atomic E-state index is -0.363. The van der Waals surface area contributed by atoms with E-state index in [1.165, 1.54) is 0 Å². The molecule has 0 saturated heterocycles. The molecule has 4 nitrogen and oxygen atoms in total. The second-order valence-electron chi connectivity index (χ2n) is 3.20. The zero-order valence-electron chi connectivity index (χ0n) is 7.52. The number of oxime groups is 1. The minimum Gasteiger partial charge on any atom is -0.411 e. The van der Waals surface area contributed by atoms with Gasteiger partial charge in [0.25, 0.3) is 0 Å². The Hall–Kier alpha value is -1.32. The average Bonchev–Trinajstić information content (AvgIpc) is 2.55. The van der Waals surface area contributed by atoms with Crippen LogP contribution in [0.1, 0.15) is 20.8 Å². The van der Waals surface area contributed by atoms with Crippen molar-refractivity contribution in [2.24, 2.45) is 5.16 Å². The zero-order chi connectivity index (χ0) is 9.19. The second-order valence-corrected chi connectivity index (χ2v) is 3.20. The zero-order valence-corrected chi connectivity index (χ0v) is 7.52. The Morgan fingerprint density at radius 3 is 2.67 bits per heavy atom. The van der Waals surface area contributed by atoms with Gasteiger partial charge < -0.3 is 5.21 Å². The highest BCUT2D eigenvalue weighted by molar-refractivity contribution is 5.88. The molecule has 1 heterocycles.